The van der Waals surface area contributed by atoms with E-state index in [4.69, 9.17) is 10.5 Å². The fraction of sp³-hybridized carbons (Fsp3) is 1.00. The minimum absolute atomic E-state index is 0.0208. The molecule has 0 amide bonds. The van der Waals surface area contributed by atoms with E-state index in [0.29, 0.717) is 25.5 Å². The summed E-state index contributed by atoms with van der Waals surface area (Å²) in [6.45, 7) is 0.883. The van der Waals surface area contributed by atoms with Gasteiger partial charge in [0, 0.05) is 33.4 Å². The van der Waals surface area contributed by atoms with Gasteiger partial charge >= 0.3 is 0 Å². The molecule has 1 fully saturated rings. The Kier molecular flexibility index (Phi) is 5.17. The molecule has 0 spiro atoms. The van der Waals surface area contributed by atoms with Gasteiger partial charge in [0.15, 0.2) is 0 Å². The molecule has 0 aromatic rings. The predicted molar refractivity (Wildman–Crippen MR) is 63.6 cm³/mol. The van der Waals surface area contributed by atoms with E-state index in [2.05, 4.69) is 0 Å². The maximum absolute atomic E-state index is 12.0. The van der Waals surface area contributed by atoms with Crippen molar-refractivity contribution in [1.29, 1.82) is 0 Å². The van der Waals surface area contributed by atoms with Crippen LogP contribution < -0.4 is 5.73 Å². The predicted octanol–water partition coefficient (Wildman–Crippen LogP) is 0.0218. The highest BCUT2D eigenvalue weighted by molar-refractivity contribution is 7.89. The first-order valence-corrected chi connectivity index (χ1v) is 7.28. The van der Waals surface area contributed by atoms with Crippen LogP contribution in [0, 0.1) is 5.92 Å². The summed E-state index contributed by atoms with van der Waals surface area (Å²) in [4.78, 5) is 0. The first kappa shape index (κ1) is 13.9. The molecule has 0 aliphatic heterocycles. The second-order valence-corrected chi connectivity index (χ2v) is 6.47. The lowest BCUT2D eigenvalue weighted by molar-refractivity contribution is 0.199. The Morgan fingerprint density at radius 2 is 2.12 bits per heavy atom. The van der Waals surface area contributed by atoms with Crippen LogP contribution in [-0.4, -0.2) is 51.8 Å². The zero-order valence-corrected chi connectivity index (χ0v) is 10.9. The minimum atomic E-state index is -3.18. The highest BCUT2D eigenvalue weighted by Crippen LogP contribution is 2.35. The Morgan fingerprint density at radius 3 is 2.56 bits per heavy atom. The van der Waals surface area contributed by atoms with E-state index in [0.717, 1.165) is 12.8 Å². The normalized spacial score (nSPS) is 19.0. The van der Waals surface area contributed by atoms with Crippen molar-refractivity contribution in [3.05, 3.63) is 0 Å². The van der Waals surface area contributed by atoms with Crippen LogP contribution in [0.25, 0.3) is 0 Å². The molecule has 0 radical (unpaired) electrons. The number of hydrogen-bond donors (Lipinski definition) is 1. The van der Waals surface area contributed by atoms with Gasteiger partial charge < -0.3 is 10.5 Å². The maximum atomic E-state index is 12.0. The third kappa shape index (κ3) is 3.69. The van der Waals surface area contributed by atoms with Crippen molar-refractivity contribution in [2.24, 2.45) is 11.7 Å². The molecule has 0 aromatic carbocycles. The van der Waals surface area contributed by atoms with E-state index in [1.807, 2.05) is 0 Å². The van der Waals surface area contributed by atoms with Gasteiger partial charge in [0.25, 0.3) is 0 Å². The molecule has 6 heteroatoms. The molecule has 1 saturated carbocycles. The fourth-order valence-electron chi connectivity index (χ4n) is 1.85. The number of nitrogens with zero attached hydrogens (tertiary/aromatic N) is 1. The molecular weight excluding hydrogens is 228 g/mol. The summed E-state index contributed by atoms with van der Waals surface area (Å²) in [5, 5.41) is 0. The molecule has 1 aliphatic carbocycles. The average Bonchev–Trinajstić information content (AvgIpc) is 3.03. The van der Waals surface area contributed by atoms with E-state index in [9.17, 15) is 8.42 Å². The first-order valence-electron chi connectivity index (χ1n) is 5.67. The number of nitrogens with two attached hydrogens (primary N) is 1. The van der Waals surface area contributed by atoms with Gasteiger partial charge in [-0.2, -0.15) is 0 Å². The van der Waals surface area contributed by atoms with Crippen LogP contribution in [0.2, 0.25) is 0 Å². The molecule has 1 atom stereocenters. The van der Waals surface area contributed by atoms with Crippen LogP contribution in [0.3, 0.4) is 0 Å². The van der Waals surface area contributed by atoms with Gasteiger partial charge in [0.1, 0.15) is 0 Å². The summed E-state index contributed by atoms with van der Waals surface area (Å²) >= 11 is 0. The lowest BCUT2D eigenvalue weighted by atomic mass is 10.2. The van der Waals surface area contributed by atoms with Crippen LogP contribution in [0.1, 0.15) is 19.3 Å². The summed E-state index contributed by atoms with van der Waals surface area (Å²) in [6.07, 6.45) is 2.73. The maximum Gasteiger partial charge on any atom is 0.214 e. The Hall–Kier alpha value is -0.170. The van der Waals surface area contributed by atoms with Crippen molar-refractivity contribution >= 4 is 10.0 Å². The Labute approximate surface area is 98.0 Å². The third-order valence-corrected chi connectivity index (χ3v) is 5.02. The van der Waals surface area contributed by atoms with Gasteiger partial charge in [0.05, 0.1) is 5.75 Å². The van der Waals surface area contributed by atoms with Crippen molar-refractivity contribution in [2.45, 2.75) is 25.3 Å². The summed E-state index contributed by atoms with van der Waals surface area (Å²) in [5.74, 6) is 0.604. The monoisotopic (exact) mass is 250 g/mol. The minimum Gasteiger partial charge on any atom is -0.385 e. The van der Waals surface area contributed by atoms with Gasteiger partial charge in [-0.05, 0) is 25.2 Å². The quantitative estimate of drug-likeness (QED) is 0.617. The largest absolute Gasteiger partial charge is 0.385 e. The third-order valence-electron chi connectivity index (χ3n) is 3.06. The molecule has 0 saturated heterocycles. The van der Waals surface area contributed by atoms with Crippen LogP contribution >= 0.6 is 0 Å². The first-order chi connectivity index (χ1) is 7.53. The molecule has 16 heavy (non-hydrogen) atoms. The lowest BCUT2D eigenvalue weighted by Gasteiger charge is -2.26. The van der Waals surface area contributed by atoms with Crippen LogP contribution in [-0.2, 0) is 14.8 Å². The molecule has 96 valence electrons. The van der Waals surface area contributed by atoms with Crippen molar-refractivity contribution in [3.8, 4) is 0 Å². The lowest BCUT2D eigenvalue weighted by Crippen LogP contribution is -2.44. The second kappa shape index (κ2) is 5.95. The van der Waals surface area contributed by atoms with E-state index < -0.39 is 10.0 Å². The topological polar surface area (TPSA) is 72.6 Å². The molecule has 5 nitrogen and oxygen atoms in total. The molecular formula is C10H22N2O3S. The van der Waals surface area contributed by atoms with Gasteiger partial charge in [-0.15, -0.1) is 0 Å². The highest BCUT2D eigenvalue weighted by atomic mass is 32.2. The molecule has 0 bridgehead atoms. The zero-order chi connectivity index (χ0) is 12.2. The molecule has 1 rings (SSSR count). The van der Waals surface area contributed by atoms with Crippen LogP contribution in [0.15, 0.2) is 0 Å². The van der Waals surface area contributed by atoms with Crippen molar-refractivity contribution in [1.82, 2.24) is 4.31 Å². The highest BCUT2D eigenvalue weighted by Gasteiger charge is 2.37. The smallest absolute Gasteiger partial charge is 0.214 e. The van der Waals surface area contributed by atoms with E-state index in [1.165, 1.54) is 4.31 Å². The van der Waals surface area contributed by atoms with Crippen molar-refractivity contribution in [2.75, 3.05) is 33.1 Å². The van der Waals surface area contributed by atoms with Crippen LogP contribution in [0.4, 0.5) is 0 Å². The standard InChI is InChI=1S/C10H22N2O3S/c1-12(10(8-11)9-4-5-9)16(13,14)7-3-6-15-2/h9-10H,3-8,11H2,1-2H3. The molecule has 1 aliphatic rings. The molecule has 2 N–H and O–H groups in total. The van der Waals surface area contributed by atoms with Gasteiger partial charge in [-0.25, -0.2) is 12.7 Å². The second-order valence-electron chi connectivity index (χ2n) is 4.32. The number of ether oxygens (including phenoxy) is 1. The van der Waals surface area contributed by atoms with Crippen LogP contribution in [0.5, 0.6) is 0 Å². The van der Waals surface area contributed by atoms with Crippen molar-refractivity contribution in [3.63, 3.8) is 0 Å². The number of methoxy groups -OCH3 is 1. The molecule has 0 aromatic heterocycles. The van der Waals surface area contributed by atoms with Gasteiger partial charge in [0.2, 0.25) is 10.0 Å². The summed E-state index contributed by atoms with van der Waals surface area (Å²) < 4.78 is 30.2. The number of likely N-dealkylation sites (N-methyl/N-ethyl adjacent to an activating group) is 1. The Morgan fingerprint density at radius 1 is 1.50 bits per heavy atom. The Balaban J connectivity index is 2.52. The number of hydrogen-bond acceptors (Lipinski definition) is 4. The van der Waals surface area contributed by atoms with Crippen molar-refractivity contribution < 1.29 is 13.2 Å². The number of rotatable bonds is 8. The van der Waals surface area contributed by atoms with E-state index >= 15 is 0 Å². The Bertz CT molecular complexity index is 301. The van der Waals surface area contributed by atoms with E-state index in [-0.39, 0.29) is 11.8 Å². The van der Waals surface area contributed by atoms with E-state index in [1.54, 1.807) is 14.2 Å². The molecule has 0 heterocycles. The van der Waals surface area contributed by atoms with Gasteiger partial charge in [-0.3, -0.25) is 0 Å². The summed E-state index contributed by atoms with van der Waals surface area (Å²) in [7, 11) is 0.0340. The SMILES string of the molecule is COCCCS(=O)(=O)N(C)C(CN)C1CC1. The zero-order valence-electron chi connectivity index (χ0n) is 10.1. The fourth-order valence-corrected chi connectivity index (χ4v) is 3.30. The summed E-state index contributed by atoms with van der Waals surface area (Å²) in [6, 6.07) is -0.0208. The van der Waals surface area contributed by atoms with Gasteiger partial charge in [-0.1, -0.05) is 0 Å². The average molecular weight is 250 g/mol. The molecule has 1 unspecified atom stereocenters. The number of sulfonamides is 1. The summed E-state index contributed by atoms with van der Waals surface area (Å²) in [5.41, 5.74) is 5.64.